The Balaban J connectivity index is 1.44. The van der Waals surface area contributed by atoms with Crippen LogP contribution in [0.3, 0.4) is 0 Å². The molecule has 3 heterocycles. The van der Waals surface area contributed by atoms with E-state index in [9.17, 15) is 9.59 Å². The van der Waals surface area contributed by atoms with Gasteiger partial charge in [0.05, 0.1) is 0 Å². The average Bonchev–Trinajstić information content (AvgIpc) is 2.75. The van der Waals surface area contributed by atoms with Crippen LogP contribution >= 0.6 is 0 Å². The second-order valence-electron chi connectivity index (χ2n) is 5.78. The number of carbonyl (C=O) groups is 2. The Morgan fingerprint density at radius 3 is 1.50 bits per heavy atom. The molecule has 0 aliphatic heterocycles. The van der Waals surface area contributed by atoms with Crippen molar-refractivity contribution in [3.05, 3.63) is 71.8 Å². The first kappa shape index (κ1) is 19.0. The molecule has 2 amide bonds. The first-order valence-electron chi connectivity index (χ1n) is 8.64. The fraction of sp³-hybridized carbons (Fsp3) is 0.222. The third kappa shape index (κ3) is 5.59. The Bertz CT molecular complexity index is 827. The molecule has 0 spiro atoms. The molecule has 0 aliphatic carbocycles. The fourth-order valence-electron chi connectivity index (χ4n) is 2.30. The highest BCUT2D eigenvalue weighted by molar-refractivity contribution is 5.91. The van der Waals surface area contributed by atoms with E-state index in [1.165, 1.54) is 0 Å². The largest absolute Gasteiger partial charge is 0.349 e. The van der Waals surface area contributed by atoms with Crippen LogP contribution in [0, 0.1) is 0 Å². The van der Waals surface area contributed by atoms with E-state index in [4.69, 9.17) is 0 Å². The number of hydrogen-bond acceptors (Lipinski definition) is 8. The smallest absolute Gasteiger partial charge is 0.292 e. The van der Waals surface area contributed by atoms with Gasteiger partial charge in [-0.25, -0.2) is 0 Å². The van der Waals surface area contributed by atoms with Gasteiger partial charge in [-0.05, 0) is 36.1 Å². The number of rotatable bonds is 8. The second-order valence-corrected chi connectivity index (χ2v) is 5.78. The van der Waals surface area contributed by atoms with E-state index in [1.54, 1.807) is 24.8 Å². The lowest BCUT2D eigenvalue weighted by atomic mass is 10.2. The molecule has 3 aromatic heterocycles. The Morgan fingerprint density at radius 1 is 0.714 bits per heavy atom. The zero-order valence-corrected chi connectivity index (χ0v) is 14.9. The van der Waals surface area contributed by atoms with Crippen molar-refractivity contribution < 1.29 is 9.59 Å². The molecule has 0 radical (unpaired) electrons. The highest BCUT2D eigenvalue weighted by Crippen LogP contribution is 1.97. The topological polar surface area (TPSA) is 136 Å². The van der Waals surface area contributed by atoms with Crippen molar-refractivity contribution in [2.45, 2.75) is 12.8 Å². The Kier molecular flexibility index (Phi) is 6.61. The van der Waals surface area contributed by atoms with Gasteiger partial charge in [-0.15, -0.1) is 20.4 Å². The summed E-state index contributed by atoms with van der Waals surface area (Å²) in [5.74, 6) is -1.41. The van der Waals surface area contributed by atoms with Crippen LogP contribution < -0.4 is 10.6 Å². The lowest BCUT2D eigenvalue weighted by Gasteiger charge is -2.05. The second kappa shape index (κ2) is 9.76. The predicted octanol–water partition coefficient (Wildman–Crippen LogP) is 0.00160. The summed E-state index contributed by atoms with van der Waals surface area (Å²) in [6, 6.07) is 7.49. The molecule has 28 heavy (non-hydrogen) atoms. The zero-order valence-electron chi connectivity index (χ0n) is 14.9. The van der Waals surface area contributed by atoms with Gasteiger partial charge in [-0.1, -0.05) is 12.1 Å². The van der Waals surface area contributed by atoms with Crippen LogP contribution in [-0.4, -0.2) is 55.3 Å². The molecule has 142 valence electrons. The number of pyridine rings is 2. The van der Waals surface area contributed by atoms with Crippen LogP contribution in [0.25, 0.3) is 0 Å². The van der Waals surface area contributed by atoms with Crippen LogP contribution in [0.2, 0.25) is 0 Å². The van der Waals surface area contributed by atoms with Gasteiger partial charge in [0, 0.05) is 37.9 Å². The van der Waals surface area contributed by atoms with E-state index in [1.807, 2.05) is 24.3 Å². The SMILES string of the molecule is O=C(NCCc1cccnc1)c1nnc(C(=O)NCCc2cccnc2)nn1. The summed E-state index contributed by atoms with van der Waals surface area (Å²) in [6.45, 7) is 0.787. The molecule has 10 nitrogen and oxygen atoms in total. The van der Waals surface area contributed by atoms with Gasteiger partial charge >= 0.3 is 0 Å². The van der Waals surface area contributed by atoms with Crippen LogP contribution in [0.4, 0.5) is 0 Å². The minimum atomic E-state index is -0.507. The molecule has 0 aliphatic rings. The summed E-state index contributed by atoms with van der Waals surface area (Å²) in [5.41, 5.74) is 2.00. The summed E-state index contributed by atoms with van der Waals surface area (Å²) < 4.78 is 0. The number of nitrogens with one attached hydrogen (secondary N) is 2. The summed E-state index contributed by atoms with van der Waals surface area (Å²) in [4.78, 5) is 32.0. The van der Waals surface area contributed by atoms with Gasteiger partial charge in [0.2, 0.25) is 0 Å². The molecule has 0 saturated carbocycles. The quantitative estimate of drug-likeness (QED) is 0.559. The number of aromatic nitrogens is 6. The molecule has 0 unspecified atom stereocenters. The third-order valence-electron chi connectivity index (χ3n) is 3.73. The van der Waals surface area contributed by atoms with Crippen molar-refractivity contribution >= 4 is 11.8 Å². The van der Waals surface area contributed by atoms with Gasteiger partial charge in [0.1, 0.15) is 0 Å². The standard InChI is InChI=1S/C18H18N8O2/c27-17(21-9-5-13-3-1-7-19-11-13)15-23-25-16(26-24-15)18(28)22-10-6-14-4-2-8-20-12-14/h1-4,7-8,11-12H,5-6,9-10H2,(H,21,27)(H,22,28). The zero-order chi connectivity index (χ0) is 19.6. The van der Waals surface area contributed by atoms with Crippen molar-refractivity contribution in [2.75, 3.05) is 13.1 Å². The maximum absolute atomic E-state index is 12.0. The van der Waals surface area contributed by atoms with E-state index < -0.39 is 11.8 Å². The van der Waals surface area contributed by atoms with Gasteiger partial charge in [0.25, 0.3) is 23.5 Å². The average molecular weight is 378 g/mol. The first-order chi connectivity index (χ1) is 13.7. The Labute approximate surface area is 160 Å². The number of nitrogens with zero attached hydrogens (tertiary/aromatic N) is 6. The minimum Gasteiger partial charge on any atom is -0.349 e. The lowest BCUT2D eigenvalue weighted by molar-refractivity contribution is 0.0920. The van der Waals surface area contributed by atoms with Crippen molar-refractivity contribution in [2.24, 2.45) is 0 Å². The summed E-state index contributed by atoms with van der Waals surface area (Å²) in [6.07, 6.45) is 8.07. The molecule has 0 bridgehead atoms. The first-order valence-corrected chi connectivity index (χ1v) is 8.64. The predicted molar refractivity (Wildman–Crippen MR) is 98.2 cm³/mol. The molecular formula is C18H18N8O2. The van der Waals surface area contributed by atoms with Crippen molar-refractivity contribution in [1.82, 2.24) is 41.0 Å². The van der Waals surface area contributed by atoms with Gasteiger partial charge < -0.3 is 10.6 Å². The molecule has 10 heteroatoms. The van der Waals surface area contributed by atoms with Crippen molar-refractivity contribution in [1.29, 1.82) is 0 Å². The molecule has 0 saturated heterocycles. The molecule has 0 atom stereocenters. The summed E-state index contributed by atoms with van der Waals surface area (Å²) in [5, 5.41) is 20.0. The monoisotopic (exact) mass is 378 g/mol. The van der Waals surface area contributed by atoms with E-state index in [-0.39, 0.29) is 11.6 Å². The highest BCUT2D eigenvalue weighted by Gasteiger charge is 2.14. The van der Waals surface area contributed by atoms with Gasteiger partial charge in [0.15, 0.2) is 0 Å². The highest BCUT2D eigenvalue weighted by atomic mass is 16.2. The Hall–Kier alpha value is -3.82. The maximum Gasteiger partial charge on any atom is 0.292 e. The molecule has 3 rings (SSSR count). The minimum absolute atomic E-state index is 0.196. The van der Waals surface area contributed by atoms with E-state index in [2.05, 4.69) is 41.0 Å². The van der Waals surface area contributed by atoms with Crippen LogP contribution in [0.1, 0.15) is 32.4 Å². The number of carbonyl (C=O) groups excluding carboxylic acids is 2. The van der Waals surface area contributed by atoms with Gasteiger partial charge in [-0.2, -0.15) is 0 Å². The fourth-order valence-corrected chi connectivity index (χ4v) is 2.30. The van der Waals surface area contributed by atoms with Gasteiger partial charge in [-0.3, -0.25) is 19.6 Å². The normalized spacial score (nSPS) is 10.3. The number of hydrogen-bond donors (Lipinski definition) is 2. The third-order valence-corrected chi connectivity index (χ3v) is 3.73. The van der Waals surface area contributed by atoms with E-state index in [0.29, 0.717) is 25.9 Å². The Morgan fingerprint density at radius 2 is 1.14 bits per heavy atom. The van der Waals surface area contributed by atoms with Crippen molar-refractivity contribution in [3.8, 4) is 0 Å². The summed E-state index contributed by atoms with van der Waals surface area (Å²) >= 11 is 0. The van der Waals surface area contributed by atoms with E-state index >= 15 is 0 Å². The lowest BCUT2D eigenvalue weighted by Crippen LogP contribution is -2.31. The van der Waals surface area contributed by atoms with E-state index in [0.717, 1.165) is 11.1 Å². The van der Waals surface area contributed by atoms with Crippen LogP contribution in [0.5, 0.6) is 0 Å². The molecular weight excluding hydrogens is 360 g/mol. The molecule has 2 N–H and O–H groups in total. The molecule has 3 aromatic rings. The van der Waals surface area contributed by atoms with Crippen LogP contribution in [0.15, 0.2) is 49.1 Å². The number of amides is 2. The molecule has 0 fully saturated rings. The molecule has 0 aromatic carbocycles. The maximum atomic E-state index is 12.0. The van der Waals surface area contributed by atoms with Crippen LogP contribution in [-0.2, 0) is 12.8 Å². The summed E-state index contributed by atoms with van der Waals surface area (Å²) in [7, 11) is 0. The van der Waals surface area contributed by atoms with Crippen molar-refractivity contribution in [3.63, 3.8) is 0 Å².